The molecular formula is C14H11Cl3O. The summed E-state index contributed by atoms with van der Waals surface area (Å²) in [5.41, 5.74) is 1.35. The SMILES string of the molecule is ClCCl.O=C(c1ccccc1)c1ccc(Cl)cc1. The molecule has 0 unspecified atom stereocenters. The average molecular weight is 302 g/mol. The molecule has 0 aliphatic heterocycles. The van der Waals surface area contributed by atoms with Gasteiger partial charge in [-0.3, -0.25) is 4.79 Å². The molecule has 2 aromatic carbocycles. The van der Waals surface area contributed by atoms with Crippen LogP contribution in [-0.4, -0.2) is 11.1 Å². The molecule has 0 radical (unpaired) electrons. The Morgan fingerprint density at radius 3 is 1.78 bits per heavy atom. The highest BCUT2D eigenvalue weighted by Crippen LogP contribution is 2.13. The van der Waals surface area contributed by atoms with Crippen LogP contribution in [0, 0.1) is 0 Å². The summed E-state index contributed by atoms with van der Waals surface area (Å²) in [6.45, 7) is 0. The van der Waals surface area contributed by atoms with Gasteiger partial charge in [-0.25, -0.2) is 0 Å². The van der Waals surface area contributed by atoms with E-state index >= 15 is 0 Å². The topological polar surface area (TPSA) is 17.1 Å². The molecule has 0 saturated heterocycles. The van der Waals surface area contributed by atoms with Crippen LogP contribution in [0.15, 0.2) is 54.6 Å². The molecule has 0 saturated carbocycles. The van der Waals surface area contributed by atoms with Gasteiger partial charge in [0.15, 0.2) is 5.78 Å². The second-order valence-corrected chi connectivity index (χ2v) is 4.55. The van der Waals surface area contributed by atoms with Crippen LogP contribution in [0.25, 0.3) is 0 Å². The molecule has 1 nitrogen and oxygen atoms in total. The Kier molecular flexibility index (Phi) is 6.81. The van der Waals surface area contributed by atoms with Crippen molar-refractivity contribution in [1.82, 2.24) is 0 Å². The fraction of sp³-hybridized carbons (Fsp3) is 0.0714. The molecule has 0 aliphatic rings. The number of ketones is 1. The minimum atomic E-state index is 0.0206. The van der Waals surface area contributed by atoms with E-state index < -0.39 is 0 Å². The maximum atomic E-state index is 11.9. The van der Waals surface area contributed by atoms with Crippen LogP contribution in [0.1, 0.15) is 15.9 Å². The molecule has 18 heavy (non-hydrogen) atoms. The average Bonchev–Trinajstić information content (AvgIpc) is 2.41. The minimum Gasteiger partial charge on any atom is -0.289 e. The van der Waals surface area contributed by atoms with Crippen molar-refractivity contribution in [1.29, 1.82) is 0 Å². The van der Waals surface area contributed by atoms with E-state index in [0.29, 0.717) is 16.1 Å². The molecular weight excluding hydrogens is 291 g/mol. The number of hydrogen-bond acceptors (Lipinski definition) is 1. The summed E-state index contributed by atoms with van der Waals surface area (Å²) in [6.07, 6.45) is 0. The highest BCUT2D eigenvalue weighted by molar-refractivity contribution is 6.40. The number of carbonyl (C=O) groups is 1. The second-order valence-electron chi connectivity index (χ2n) is 3.30. The van der Waals surface area contributed by atoms with E-state index in [4.69, 9.17) is 34.8 Å². The van der Waals surface area contributed by atoms with E-state index in [-0.39, 0.29) is 11.1 Å². The third-order valence-electron chi connectivity index (χ3n) is 2.14. The molecule has 0 aliphatic carbocycles. The summed E-state index contributed by atoms with van der Waals surface area (Å²) in [5.74, 6) is 0.0206. The standard InChI is InChI=1S/C13H9ClO.CH2Cl2/c14-12-8-6-11(7-9-12)13(15)10-4-2-1-3-5-10;2-1-3/h1-9H;1H2. The summed E-state index contributed by atoms with van der Waals surface area (Å²) >= 11 is 15.3. The third-order valence-corrected chi connectivity index (χ3v) is 2.39. The molecule has 2 rings (SSSR count). The normalized spacial score (nSPS) is 9.28. The Hall–Kier alpha value is -1.02. The van der Waals surface area contributed by atoms with Crippen LogP contribution < -0.4 is 0 Å². The lowest BCUT2D eigenvalue weighted by Gasteiger charge is -2.00. The summed E-state index contributed by atoms with van der Waals surface area (Å²) in [7, 11) is 0. The van der Waals surface area contributed by atoms with Crippen molar-refractivity contribution in [2.24, 2.45) is 0 Å². The maximum Gasteiger partial charge on any atom is 0.193 e. The Balaban J connectivity index is 0.000000492. The minimum absolute atomic E-state index is 0.0206. The van der Waals surface area contributed by atoms with Crippen molar-refractivity contribution in [3.05, 3.63) is 70.7 Å². The van der Waals surface area contributed by atoms with Gasteiger partial charge in [-0.1, -0.05) is 41.9 Å². The van der Waals surface area contributed by atoms with Gasteiger partial charge in [0, 0.05) is 16.1 Å². The molecule has 0 fully saturated rings. The first kappa shape index (κ1) is 15.0. The van der Waals surface area contributed by atoms with Crippen LogP contribution in [-0.2, 0) is 0 Å². The molecule has 0 heterocycles. The van der Waals surface area contributed by atoms with E-state index in [1.807, 2.05) is 18.2 Å². The first-order valence-electron chi connectivity index (χ1n) is 5.16. The molecule has 4 heteroatoms. The highest BCUT2D eigenvalue weighted by Gasteiger charge is 2.07. The molecule has 2 aromatic rings. The van der Waals surface area contributed by atoms with Gasteiger partial charge < -0.3 is 0 Å². The molecule has 0 aromatic heterocycles. The lowest BCUT2D eigenvalue weighted by atomic mass is 10.0. The lowest BCUT2D eigenvalue weighted by molar-refractivity contribution is 0.103. The fourth-order valence-corrected chi connectivity index (χ4v) is 1.48. The Bertz CT molecular complexity index is 480. The summed E-state index contributed by atoms with van der Waals surface area (Å²) in [6, 6.07) is 16.1. The largest absolute Gasteiger partial charge is 0.289 e. The maximum absolute atomic E-state index is 11.9. The molecule has 0 spiro atoms. The van der Waals surface area contributed by atoms with Crippen LogP contribution in [0.2, 0.25) is 5.02 Å². The summed E-state index contributed by atoms with van der Waals surface area (Å²) < 4.78 is 0. The Morgan fingerprint density at radius 1 is 0.833 bits per heavy atom. The number of carbonyl (C=O) groups excluding carboxylic acids is 1. The number of alkyl halides is 2. The summed E-state index contributed by atoms with van der Waals surface area (Å²) in [5, 5.41) is 0.833. The van der Waals surface area contributed by atoms with Gasteiger partial charge in [-0.05, 0) is 24.3 Å². The van der Waals surface area contributed by atoms with Crippen molar-refractivity contribution in [2.45, 2.75) is 0 Å². The van der Waals surface area contributed by atoms with Gasteiger partial charge in [0.2, 0.25) is 0 Å². The zero-order chi connectivity index (χ0) is 13.4. The highest BCUT2D eigenvalue weighted by atomic mass is 35.5. The van der Waals surface area contributed by atoms with Crippen molar-refractivity contribution in [3.8, 4) is 0 Å². The molecule has 0 amide bonds. The fourth-order valence-electron chi connectivity index (χ4n) is 1.36. The predicted molar refractivity (Wildman–Crippen MR) is 77.9 cm³/mol. The Labute approximate surface area is 121 Å². The molecule has 0 N–H and O–H groups in total. The Morgan fingerprint density at radius 2 is 1.28 bits per heavy atom. The lowest BCUT2D eigenvalue weighted by Crippen LogP contribution is -1.99. The monoisotopic (exact) mass is 300 g/mol. The van der Waals surface area contributed by atoms with Crippen molar-refractivity contribution < 1.29 is 4.79 Å². The van der Waals surface area contributed by atoms with Crippen molar-refractivity contribution in [2.75, 3.05) is 5.34 Å². The third kappa shape index (κ3) is 4.69. The van der Waals surface area contributed by atoms with E-state index in [9.17, 15) is 4.79 Å². The zero-order valence-electron chi connectivity index (χ0n) is 9.45. The smallest absolute Gasteiger partial charge is 0.193 e. The predicted octanol–water partition coefficient (Wildman–Crippen LogP) is 4.99. The van der Waals surface area contributed by atoms with Crippen LogP contribution in [0.5, 0.6) is 0 Å². The van der Waals surface area contributed by atoms with Crippen LogP contribution in [0.4, 0.5) is 0 Å². The van der Waals surface area contributed by atoms with Crippen LogP contribution in [0.3, 0.4) is 0 Å². The van der Waals surface area contributed by atoms with Crippen LogP contribution >= 0.6 is 34.8 Å². The van der Waals surface area contributed by atoms with Crippen molar-refractivity contribution >= 4 is 40.6 Å². The molecule has 94 valence electrons. The van der Waals surface area contributed by atoms with Gasteiger partial charge in [-0.15, -0.1) is 23.2 Å². The van der Waals surface area contributed by atoms with Gasteiger partial charge in [0.25, 0.3) is 0 Å². The first-order valence-corrected chi connectivity index (χ1v) is 6.61. The van der Waals surface area contributed by atoms with E-state index in [1.165, 1.54) is 0 Å². The van der Waals surface area contributed by atoms with E-state index in [1.54, 1.807) is 36.4 Å². The zero-order valence-corrected chi connectivity index (χ0v) is 11.7. The summed E-state index contributed by atoms with van der Waals surface area (Å²) in [4.78, 5) is 11.9. The number of benzene rings is 2. The second kappa shape index (κ2) is 8.15. The van der Waals surface area contributed by atoms with Gasteiger partial charge in [0.1, 0.15) is 0 Å². The quantitative estimate of drug-likeness (QED) is 0.564. The van der Waals surface area contributed by atoms with E-state index in [2.05, 4.69) is 0 Å². The van der Waals surface area contributed by atoms with Gasteiger partial charge in [-0.2, -0.15) is 0 Å². The van der Waals surface area contributed by atoms with Gasteiger partial charge >= 0.3 is 0 Å². The first-order chi connectivity index (χ1) is 8.69. The number of rotatable bonds is 2. The molecule has 0 atom stereocenters. The van der Waals surface area contributed by atoms with E-state index in [0.717, 1.165) is 0 Å². The van der Waals surface area contributed by atoms with Gasteiger partial charge in [0.05, 0.1) is 5.34 Å². The number of halogens is 3. The van der Waals surface area contributed by atoms with Crippen molar-refractivity contribution in [3.63, 3.8) is 0 Å². The molecule has 0 bridgehead atoms. The number of hydrogen-bond donors (Lipinski definition) is 0.